The first-order valence-electron chi connectivity index (χ1n) is 13.3. The van der Waals surface area contributed by atoms with Crippen molar-refractivity contribution in [2.24, 2.45) is 0 Å². The first-order chi connectivity index (χ1) is 19.0. The van der Waals surface area contributed by atoms with Crippen molar-refractivity contribution in [3.63, 3.8) is 0 Å². The van der Waals surface area contributed by atoms with Gasteiger partial charge in [0.1, 0.15) is 0 Å². The third-order valence-electron chi connectivity index (χ3n) is 8.13. The standard InChI is InChI=1S/C31H26Cl2N4O2/c1-2-36-23-6-4-3-5-19(23)21-16-18(8-10-24(21)36)37-25-11-13-34-30(38)28(25)27(20-9-7-17(32)15-22(20)33)29-26(37)12-14-35-31(29)39/h3-10,15-16,27H,2,11-14H2,1H3,(H,34,38)(H,35,39). The molecule has 196 valence electrons. The first kappa shape index (κ1) is 24.3. The number of nitrogens with one attached hydrogen (secondary N) is 2. The number of amides is 2. The highest BCUT2D eigenvalue weighted by Crippen LogP contribution is 2.49. The van der Waals surface area contributed by atoms with Crippen molar-refractivity contribution >= 4 is 62.5 Å². The van der Waals surface area contributed by atoms with Crippen LogP contribution in [0.3, 0.4) is 0 Å². The number of aryl methyl sites for hydroxylation is 1. The maximum Gasteiger partial charge on any atom is 0.249 e. The molecule has 2 N–H and O–H groups in total. The van der Waals surface area contributed by atoms with Crippen LogP contribution in [0.4, 0.5) is 5.69 Å². The molecule has 3 aromatic carbocycles. The molecule has 2 amide bonds. The van der Waals surface area contributed by atoms with E-state index in [-0.39, 0.29) is 11.8 Å². The zero-order valence-electron chi connectivity index (χ0n) is 21.4. The lowest BCUT2D eigenvalue weighted by molar-refractivity contribution is -0.118. The van der Waals surface area contributed by atoms with Gasteiger partial charge >= 0.3 is 0 Å². The Morgan fingerprint density at radius 1 is 0.821 bits per heavy atom. The number of hydrogen-bond acceptors (Lipinski definition) is 3. The molecule has 0 bridgehead atoms. The number of benzene rings is 3. The lowest BCUT2D eigenvalue weighted by atomic mass is 9.76. The van der Waals surface area contributed by atoms with E-state index in [1.165, 1.54) is 10.9 Å². The SMILES string of the molecule is CCn1c2ccccc2c2cc(N3C4=C(C(=O)NCC4)C(c4ccc(Cl)cc4Cl)C4=C3CCNC4=O)ccc21. The molecule has 3 aliphatic rings. The highest BCUT2D eigenvalue weighted by molar-refractivity contribution is 6.35. The fourth-order valence-corrected chi connectivity index (χ4v) is 7.08. The summed E-state index contributed by atoms with van der Waals surface area (Å²) in [4.78, 5) is 29.3. The summed E-state index contributed by atoms with van der Waals surface area (Å²) >= 11 is 12.9. The molecule has 7 rings (SSSR count). The number of aromatic nitrogens is 1. The van der Waals surface area contributed by atoms with Gasteiger partial charge in [-0.25, -0.2) is 0 Å². The van der Waals surface area contributed by atoms with E-state index in [0.29, 0.717) is 52.7 Å². The number of hydrogen-bond donors (Lipinski definition) is 2. The molecule has 6 nitrogen and oxygen atoms in total. The van der Waals surface area contributed by atoms with E-state index in [1.807, 2.05) is 6.07 Å². The number of para-hydroxylation sites is 1. The highest BCUT2D eigenvalue weighted by Gasteiger charge is 2.44. The summed E-state index contributed by atoms with van der Waals surface area (Å²) in [6.07, 6.45) is 1.30. The monoisotopic (exact) mass is 556 g/mol. The predicted octanol–water partition coefficient (Wildman–Crippen LogP) is 6.27. The van der Waals surface area contributed by atoms with Crippen molar-refractivity contribution in [2.45, 2.75) is 32.2 Å². The van der Waals surface area contributed by atoms with Crippen LogP contribution in [0.15, 0.2) is 83.2 Å². The van der Waals surface area contributed by atoms with E-state index in [0.717, 1.165) is 34.5 Å². The van der Waals surface area contributed by atoms with Gasteiger partial charge in [-0.2, -0.15) is 0 Å². The molecule has 8 heteroatoms. The number of halogens is 2. The average molecular weight is 557 g/mol. The number of carbonyl (C=O) groups excluding carboxylic acids is 2. The van der Waals surface area contributed by atoms with Gasteiger partial charge < -0.3 is 20.1 Å². The minimum atomic E-state index is -0.581. The van der Waals surface area contributed by atoms with Gasteiger partial charge in [-0.3, -0.25) is 9.59 Å². The smallest absolute Gasteiger partial charge is 0.249 e. The number of rotatable bonds is 3. The molecular weight excluding hydrogens is 531 g/mol. The quantitative estimate of drug-likeness (QED) is 0.312. The molecule has 4 aromatic rings. The second kappa shape index (κ2) is 9.18. The highest BCUT2D eigenvalue weighted by atomic mass is 35.5. The van der Waals surface area contributed by atoms with Crippen LogP contribution >= 0.6 is 23.2 Å². The summed E-state index contributed by atoms with van der Waals surface area (Å²) in [5.74, 6) is -0.931. The van der Waals surface area contributed by atoms with E-state index in [9.17, 15) is 9.59 Å². The molecule has 0 radical (unpaired) electrons. The minimum absolute atomic E-state index is 0.175. The maximum atomic E-state index is 13.6. The molecule has 3 aliphatic heterocycles. The second-order valence-corrected chi connectivity index (χ2v) is 11.0. The van der Waals surface area contributed by atoms with E-state index in [2.05, 4.69) is 69.5 Å². The average Bonchev–Trinajstić information content (AvgIpc) is 3.25. The third kappa shape index (κ3) is 3.62. The summed E-state index contributed by atoms with van der Waals surface area (Å²) in [6.45, 7) is 4.08. The molecule has 0 fully saturated rings. The van der Waals surface area contributed by atoms with Crippen LogP contribution in [0.2, 0.25) is 10.0 Å². The van der Waals surface area contributed by atoms with E-state index < -0.39 is 5.92 Å². The zero-order chi connectivity index (χ0) is 26.8. The van der Waals surface area contributed by atoms with Crippen molar-refractivity contribution in [1.82, 2.24) is 15.2 Å². The third-order valence-corrected chi connectivity index (χ3v) is 8.69. The first-order valence-corrected chi connectivity index (χ1v) is 14.0. The van der Waals surface area contributed by atoms with Gasteiger partial charge in [-0.1, -0.05) is 47.5 Å². The van der Waals surface area contributed by atoms with Gasteiger partial charge in [0.2, 0.25) is 11.8 Å². The number of anilines is 1. The lowest BCUT2D eigenvalue weighted by Crippen LogP contribution is -2.47. The topological polar surface area (TPSA) is 66.4 Å². The second-order valence-electron chi connectivity index (χ2n) is 10.1. The number of nitrogens with zero attached hydrogens (tertiary/aromatic N) is 2. The van der Waals surface area contributed by atoms with Crippen molar-refractivity contribution in [3.05, 3.63) is 98.8 Å². The molecule has 0 spiro atoms. The maximum absolute atomic E-state index is 13.6. The van der Waals surface area contributed by atoms with Crippen LogP contribution in [-0.2, 0) is 16.1 Å². The molecule has 0 atom stereocenters. The Morgan fingerprint density at radius 3 is 2.15 bits per heavy atom. The van der Waals surface area contributed by atoms with Gasteiger partial charge in [0.15, 0.2) is 0 Å². The Bertz CT molecular complexity index is 1740. The normalized spacial score (nSPS) is 18.0. The van der Waals surface area contributed by atoms with Crippen LogP contribution in [-0.4, -0.2) is 29.5 Å². The summed E-state index contributed by atoms with van der Waals surface area (Å²) < 4.78 is 2.32. The van der Waals surface area contributed by atoms with Gasteiger partial charge in [0.05, 0.1) is 0 Å². The predicted molar refractivity (Wildman–Crippen MR) is 156 cm³/mol. The summed E-state index contributed by atoms with van der Waals surface area (Å²) in [7, 11) is 0. The fourth-order valence-electron chi connectivity index (χ4n) is 6.56. The fraction of sp³-hybridized carbons (Fsp3) is 0.226. The molecular formula is C31H26Cl2N4O2. The van der Waals surface area contributed by atoms with Crippen LogP contribution in [0.25, 0.3) is 21.8 Å². The van der Waals surface area contributed by atoms with Gasteiger partial charge in [0.25, 0.3) is 0 Å². The molecule has 0 unspecified atom stereocenters. The molecule has 39 heavy (non-hydrogen) atoms. The van der Waals surface area contributed by atoms with E-state index in [4.69, 9.17) is 23.2 Å². The van der Waals surface area contributed by atoms with Crippen LogP contribution in [0.5, 0.6) is 0 Å². The Morgan fingerprint density at radius 2 is 1.49 bits per heavy atom. The van der Waals surface area contributed by atoms with Crippen LogP contribution in [0, 0.1) is 0 Å². The Labute approximate surface area is 235 Å². The van der Waals surface area contributed by atoms with Crippen LogP contribution < -0.4 is 15.5 Å². The lowest BCUT2D eigenvalue weighted by Gasteiger charge is -2.44. The molecule has 0 saturated carbocycles. The van der Waals surface area contributed by atoms with Gasteiger partial charge in [0, 0.05) is 98.5 Å². The van der Waals surface area contributed by atoms with Crippen LogP contribution in [0.1, 0.15) is 31.2 Å². The summed E-state index contributed by atoms with van der Waals surface area (Å²) in [5.41, 5.74) is 6.98. The van der Waals surface area contributed by atoms with Crippen molar-refractivity contribution < 1.29 is 9.59 Å². The molecule has 0 aliphatic carbocycles. The van der Waals surface area contributed by atoms with Crippen molar-refractivity contribution in [1.29, 1.82) is 0 Å². The van der Waals surface area contributed by atoms with Gasteiger partial charge in [-0.15, -0.1) is 0 Å². The molecule has 1 aromatic heterocycles. The van der Waals surface area contributed by atoms with Crippen molar-refractivity contribution in [3.8, 4) is 0 Å². The van der Waals surface area contributed by atoms with E-state index in [1.54, 1.807) is 12.1 Å². The Kier molecular flexibility index (Phi) is 5.72. The number of carbonyl (C=O) groups is 2. The molecule has 0 saturated heterocycles. The number of fused-ring (bicyclic) bond motifs is 3. The van der Waals surface area contributed by atoms with Crippen molar-refractivity contribution in [2.75, 3.05) is 18.0 Å². The largest absolute Gasteiger partial charge is 0.352 e. The minimum Gasteiger partial charge on any atom is -0.352 e. The molecule has 4 heterocycles. The van der Waals surface area contributed by atoms with E-state index >= 15 is 0 Å². The summed E-state index contributed by atoms with van der Waals surface area (Å²) in [5, 5.41) is 9.29. The Balaban J connectivity index is 1.51. The summed E-state index contributed by atoms with van der Waals surface area (Å²) in [6, 6.07) is 20.2. The Hall–Kier alpha value is -3.74. The van der Waals surface area contributed by atoms with Gasteiger partial charge in [-0.05, 0) is 48.9 Å². The zero-order valence-corrected chi connectivity index (χ0v) is 22.9.